The van der Waals surface area contributed by atoms with Crippen LogP contribution >= 0.6 is 0 Å². The first kappa shape index (κ1) is 12.3. The van der Waals surface area contributed by atoms with E-state index < -0.39 is 0 Å². The van der Waals surface area contributed by atoms with Gasteiger partial charge in [0, 0.05) is 0 Å². The quantitative estimate of drug-likeness (QED) is 0.300. The van der Waals surface area contributed by atoms with E-state index in [1.165, 1.54) is 6.21 Å². The number of allylic oxidation sites excluding steroid dienone is 1. The standard InChI is InChI=1S/C13H8N2/c1-3-5-7-9-13(11-15-12-14)10-8-6-4-2/h11-12,14H,1H2,2H3/b14-12?,15-11-. The van der Waals surface area contributed by atoms with Gasteiger partial charge in [0.25, 0.3) is 0 Å². The van der Waals surface area contributed by atoms with Crippen molar-refractivity contribution in [3.63, 3.8) is 0 Å². The van der Waals surface area contributed by atoms with Crippen molar-refractivity contribution in [1.29, 1.82) is 5.41 Å². The Labute approximate surface area is 89.2 Å². The second kappa shape index (κ2) is 9.41. The minimum absolute atomic E-state index is 0.462. The fourth-order valence-corrected chi connectivity index (χ4v) is 0.511. The van der Waals surface area contributed by atoms with Crippen LogP contribution in [0.5, 0.6) is 0 Å². The molecule has 0 atom stereocenters. The van der Waals surface area contributed by atoms with Crippen LogP contribution in [-0.2, 0) is 0 Å². The molecule has 0 aromatic carbocycles. The molecule has 15 heavy (non-hydrogen) atoms. The predicted octanol–water partition coefficient (Wildman–Crippen LogP) is 1.87. The highest BCUT2D eigenvalue weighted by molar-refractivity contribution is 5.88. The molecule has 0 aliphatic rings. The summed E-state index contributed by atoms with van der Waals surface area (Å²) in [6.07, 6.45) is 2.29. The molecule has 0 saturated carbocycles. The van der Waals surface area contributed by atoms with E-state index in [9.17, 15) is 0 Å². The Bertz CT molecular complexity index is 531. The third kappa shape index (κ3) is 7.67. The molecule has 2 heteroatoms. The van der Waals surface area contributed by atoms with Gasteiger partial charge in [0.05, 0.1) is 11.8 Å². The van der Waals surface area contributed by atoms with Crippen LogP contribution in [0.25, 0.3) is 0 Å². The summed E-state index contributed by atoms with van der Waals surface area (Å²) in [5, 5.41) is 6.72. The normalized spacial score (nSPS) is 6.47. The molecule has 0 radical (unpaired) electrons. The SMILES string of the molecule is C=C=C=C=C=C(C#CC#CC)/C=N\C=N. The van der Waals surface area contributed by atoms with Crippen molar-refractivity contribution in [2.24, 2.45) is 4.99 Å². The van der Waals surface area contributed by atoms with Gasteiger partial charge in [0.1, 0.15) is 6.34 Å². The maximum absolute atomic E-state index is 6.72. The Kier molecular flexibility index (Phi) is 7.73. The summed E-state index contributed by atoms with van der Waals surface area (Å²) in [5.41, 5.74) is 10.6. The molecule has 0 heterocycles. The lowest BCUT2D eigenvalue weighted by Gasteiger charge is -1.77. The van der Waals surface area contributed by atoms with Crippen LogP contribution in [0.3, 0.4) is 0 Å². The van der Waals surface area contributed by atoms with Crippen molar-refractivity contribution in [1.82, 2.24) is 0 Å². The zero-order valence-corrected chi connectivity index (χ0v) is 8.31. The highest BCUT2D eigenvalue weighted by Crippen LogP contribution is 1.82. The van der Waals surface area contributed by atoms with Crippen molar-refractivity contribution in [3.05, 3.63) is 35.1 Å². The van der Waals surface area contributed by atoms with Crippen molar-refractivity contribution in [2.75, 3.05) is 0 Å². The first-order valence-electron chi connectivity index (χ1n) is 3.95. The molecular weight excluding hydrogens is 184 g/mol. The van der Waals surface area contributed by atoms with E-state index in [0.717, 1.165) is 6.34 Å². The van der Waals surface area contributed by atoms with Gasteiger partial charge in [-0.1, -0.05) is 11.7 Å². The minimum atomic E-state index is 0.462. The maximum atomic E-state index is 6.72. The zero-order chi connectivity index (χ0) is 11.4. The van der Waals surface area contributed by atoms with Crippen LogP contribution in [-0.4, -0.2) is 12.6 Å². The third-order valence-electron chi connectivity index (χ3n) is 1.01. The summed E-state index contributed by atoms with van der Waals surface area (Å²) < 4.78 is 0. The Morgan fingerprint density at radius 3 is 2.73 bits per heavy atom. The molecule has 0 fully saturated rings. The monoisotopic (exact) mass is 192 g/mol. The Morgan fingerprint density at radius 1 is 1.33 bits per heavy atom. The van der Waals surface area contributed by atoms with Gasteiger partial charge < -0.3 is 0 Å². The van der Waals surface area contributed by atoms with Crippen molar-refractivity contribution >= 4 is 12.6 Å². The highest BCUT2D eigenvalue weighted by Gasteiger charge is 1.80. The average molecular weight is 192 g/mol. The first-order chi connectivity index (χ1) is 7.35. The molecule has 0 bridgehead atoms. The molecule has 0 amide bonds. The van der Waals surface area contributed by atoms with Gasteiger partial charge in [-0.25, -0.2) is 4.99 Å². The summed E-state index contributed by atoms with van der Waals surface area (Å²) in [5.74, 6) is 10.5. The summed E-state index contributed by atoms with van der Waals surface area (Å²) in [7, 11) is 0. The molecule has 0 unspecified atom stereocenters. The maximum Gasteiger partial charge on any atom is 0.106 e. The second-order valence-corrected chi connectivity index (χ2v) is 2.00. The fraction of sp³-hybridized carbons (Fsp3) is 0.0769. The number of nitrogens with one attached hydrogen (secondary N) is 1. The number of hydrogen-bond acceptors (Lipinski definition) is 1. The van der Waals surface area contributed by atoms with Gasteiger partial charge in [-0.05, 0) is 48.5 Å². The van der Waals surface area contributed by atoms with Crippen molar-refractivity contribution in [3.8, 4) is 23.7 Å². The molecule has 0 aromatic rings. The van der Waals surface area contributed by atoms with E-state index in [1.54, 1.807) is 6.92 Å². The summed E-state index contributed by atoms with van der Waals surface area (Å²) >= 11 is 0. The highest BCUT2D eigenvalue weighted by atomic mass is 14.7. The first-order valence-corrected chi connectivity index (χ1v) is 3.95. The minimum Gasteiger partial charge on any atom is -0.290 e. The fourth-order valence-electron chi connectivity index (χ4n) is 0.511. The van der Waals surface area contributed by atoms with E-state index in [-0.39, 0.29) is 0 Å². The van der Waals surface area contributed by atoms with E-state index in [1.807, 2.05) is 0 Å². The van der Waals surface area contributed by atoms with Crippen LogP contribution in [0, 0.1) is 29.1 Å². The van der Waals surface area contributed by atoms with E-state index in [0.29, 0.717) is 5.57 Å². The molecule has 0 rings (SSSR count). The molecule has 0 aliphatic heterocycles. The Hall–Kier alpha value is -2.68. The lowest BCUT2D eigenvalue weighted by Crippen LogP contribution is -1.77. The van der Waals surface area contributed by atoms with Gasteiger partial charge in [-0.15, -0.1) is 0 Å². The predicted molar refractivity (Wildman–Crippen MR) is 61.7 cm³/mol. The van der Waals surface area contributed by atoms with Gasteiger partial charge >= 0.3 is 0 Å². The molecule has 0 aromatic heterocycles. The zero-order valence-electron chi connectivity index (χ0n) is 8.31. The Morgan fingerprint density at radius 2 is 2.13 bits per heavy atom. The molecule has 1 N–H and O–H groups in total. The van der Waals surface area contributed by atoms with Crippen LogP contribution < -0.4 is 0 Å². The molecule has 70 valence electrons. The topological polar surface area (TPSA) is 36.2 Å². The summed E-state index contributed by atoms with van der Waals surface area (Å²) in [4.78, 5) is 3.59. The molecule has 0 aliphatic carbocycles. The smallest absolute Gasteiger partial charge is 0.106 e. The lowest BCUT2D eigenvalue weighted by molar-refractivity contribution is 1.52. The van der Waals surface area contributed by atoms with Crippen LogP contribution in [0.15, 0.2) is 40.1 Å². The van der Waals surface area contributed by atoms with Gasteiger partial charge in [0.2, 0.25) is 0 Å². The second-order valence-electron chi connectivity index (χ2n) is 2.00. The number of hydrogen-bond donors (Lipinski definition) is 1. The largest absolute Gasteiger partial charge is 0.290 e. The third-order valence-corrected chi connectivity index (χ3v) is 1.01. The van der Waals surface area contributed by atoms with E-state index in [2.05, 4.69) is 58.2 Å². The van der Waals surface area contributed by atoms with E-state index in [4.69, 9.17) is 5.41 Å². The molecule has 0 saturated heterocycles. The van der Waals surface area contributed by atoms with Crippen LogP contribution in [0.1, 0.15) is 6.92 Å². The summed E-state index contributed by atoms with van der Waals surface area (Å²) in [6.45, 7) is 5.01. The molecular formula is C13H8N2. The Balaban J connectivity index is 5.34. The number of rotatable bonds is 2. The van der Waals surface area contributed by atoms with Crippen LogP contribution in [0.2, 0.25) is 0 Å². The van der Waals surface area contributed by atoms with Gasteiger partial charge in [-0.3, -0.25) is 5.41 Å². The average Bonchev–Trinajstić information content (AvgIpc) is 2.25. The number of aliphatic imine (C=N–C) groups is 1. The molecule has 0 spiro atoms. The van der Waals surface area contributed by atoms with E-state index >= 15 is 0 Å². The van der Waals surface area contributed by atoms with Gasteiger partial charge in [0.15, 0.2) is 0 Å². The summed E-state index contributed by atoms with van der Waals surface area (Å²) in [6, 6.07) is 0. The van der Waals surface area contributed by atoms with Crippen LogP contribution in [0.4, 0.5) is 0 Å². The van der Waals surface area contributed by atoms with Gasteiger partial charge in [-0.2, -0.15) is 0 Å². The van der Waals surface area contributed by atoms with Crippen molar-refractivity contribution in [2.45, 2.75) is 6.92 Å². The number of nitrogens with zero attached hydrogens (tertiary/aromatic N) is 1. The molecule has 2 nitrogen and oxygen atoms in total. The van der Waals surface area contributed by atoms with Crippen molar-refractivity contribution < 1.29 is 0 Å². The lowest BCUT2D eigenvalue weighted by atomic mass is 10.3.